The lowest BCUT2D eigenvalue weighted by atomic mass is 9.99. The zero-order valence-corrected chi connectivity index (χ0v) is 11.8. The first-order chi connectivity index (χ1) is 9.99. The highest BCUT2D eigenvalue weighted by molar-refractivity contribution is 6.05. The standard InChI is InChI=1S/C16H16N2O3/c1-9(2)10-4-3-5-11-12(10)8-18(16(11)21)13-6-7-14(19)17-15(13)20/h3-5,13H,1,6-8H2,2H3,(H,17,19,20). The van der Waals surface area contributed by atoms with Crippen molar-refractivity contribution < 1.29 is 14.4 Å². The fourth-order valence-electron chi connectivity index (χ4n) is 2.99. The van der Waals surface area contributed by atoms with Crippen LogP contribution in [0.2, 0.25) is 0 Å². The maximum Gasteiger partial charge on any atom is 0.255 e. The molecule has 1 saturated heterocycles. The maximum atomic E-state index is 12.5. The molecule has 3 amide bonds. The first kappa shape index (κ1) is 13.5. The highest BCUT2D eigenvalue weighted by Gasteiger charge is 2.39. The predicted octanol–water partition coefficient (Wildman–Crippen LogP) is 1.48. The SMILES string of the molecule is C=C(C)c1cccc2c1CN(C1CCC(=O)NC1=O)C2=O. The Hall–Kier alpha value is -2.43. The van der Waals surface area contributed by atoms with Gasteiger partial charge >= 0.3 is 0 Å². The highest BCUT2D eigenvalue weighted by Crippen LogP contribution is 2.32. The second-order valence-corrected chi connectivity index (χ2v) is 5.51. The van der Waals surface area contributed by atoms with Gasteiger partial charge in [0.25, 0.3) is 5.91 Å². The van der Waals surface area contributed by atoms with Gasteiger partial charge in [0.2, 0.25) is 11.8 Å². The van der Waals surface area contributed by atoms with Crippen molar-refractivity contribution in [3.8, 4) is 0 Å². The maximum absolute atomic E-state index is 12.5. The van der Waals surface area contributed by atoms with Crippen LogP contribution in [-0.2, 0) is 16.1 Å². The average molecular weight is 284 g/mol. The Kier molecular flexibility index (Phi) is 3.12. The summed E-state index contributed by atoms with van der Waals surface area (Å²) in [6.07, 6.45) is 0.649. The molecule has 2 heterocycles. The molecule has 0 bridgehead atoms. The molecule has 0 spiro atoms. The van der Waals surface area contributed by atoms with E-state index in [1.807, 2.05) is 19.1 Å². The molecule has 0 saturated carbocycles. The van der Waals surface area contributed by atoms with E-state index >= 15 is 0 Å². The van der Waals surface area contributed by atoms with Gasteiger partial charge < -0.3 is 4.90 Å². The van der Waals surface area contributed by atoms with Crippen molar-refractivity contribution in [1.82, 2.24) is 10.2 Å². The summed E-state index contributed by atoms with van der Waals surface area (Å²) in [4.78, 5) is 37.3. The minimum absolute atomic E-state index is 0.150. The van der Waals surface area contributed by atoms with Crippen LogP contribution in [0, 0.1) is 0 Å². The smallest absolute Gasteiger partial charge is 0.255 e. The zero-order valence-electron chi connectivity index (χ0n) is 11.8. The van der Waals surface area contributed by atoms with Gasteiger partial charge in [-0.3, -0.25) is 19.7 Å². The minimum Gasteiger partial charge on any atom is -0.322 e. The minimum atomic E-state index is -0.569. The normalized spacial score (nSPS) is 21.3. The van der Waals surface area contributed by atoms with Gasteiger partial charge in [-0.15, -0.1) is 0 Å². The van der Waals surface area contributed by atoms with Crippen LogP contribution in [0.5, 0.6) is 0 Å². The van der Waals surface area contributed by atoms with Crippen molar-refractivity contribution in [3.63, 3.8) is 0 Å². The van der Waals surface area contributed by atoms with E-state index in [0.29, 0.717) is 18.5 Å². The fourth-order valence-corrected chi connectivity index (χ4v) is 2.99. The number of imide groups is 1. The third-order valence-electron chi connectivity index (χ3n) is 4.04. The summed E-state index contributed by atoms with van der Waals surface area (Å²) in [5, 5.41) is 2.30. The Labute approximate surface area is 122 Å². The Morgan fingerprint density at radius 1 is 1.33 bits per heavy atom. The number of rotatable bonds is 2. The third kappa shape index (κ3) is 2.14. The summed E-state index contributed by atoms with van der Waals surface area (Å²) >= 11 is 0. The Morgan fingerprint density at radius 3 is 2.76 bits per heavy atom. The molecule has 2 aliphatic heterocycles. The number of carbonyl (C=O) groups excluding carboxylic acids is 3. The lowest BCUT2D eigenvalue weighted by Crippen LogP contribution is -2.52. The van der Waals surface area contributed by atoms with E-state index in [1.54, 1.807) is 11.0 Å². The number of fused-ring (bicyclic) bond motifs is 1. The van der Waals surface area contributed by atoms with Crippen molar-refractivity contribution in [2.45, 2.75) is 32.4 Å². The van der Waals surface area contributed by atoms with Gasteiger partial charge in [-0.2, -0.15) is 0 Å². The van der Waals surface area contributed by atoms with E-state index in [0.717, 1.165) is 16.7 Å². The summed E-state index contributed by atoms with van der Waals surface area (Å²) in [7, 11) is 0. The molecule has 108 valence electrons. The van der Waals surface area contributed by atoms with Crippen molar-refractivity contribution in [2.24, 2.45) is 0 Å². The molecule has 1 aromatic carbocycles. The second kappa shape index (κ2) is 4.84. The summed E-state index contributed by atoms with van der Waals surface area (Å²) in [5.74, 6) is -0.810. The Balaban J connectivity index is 1.94. The lowest BCUT2D eigenvalue weighted by molar-refractivity contribution is -0.136. The van der Waals surface area contributed by atoms with Gasteiger partial charge in [-0.25, -0.2) is 0 Å². The monoisotopic (exact) mass is 284 g/mol. The molecule has 5 heteroatoms. The summed E-state index contributed by atoms with van der Waals surface area (Å²) < 4.78 is 0. The summed E-state index contributed by atoms with van der Waals surface area (Å²) in [5.41, 5.74) is 3.39. The molecular weight excluding hydrogens is 268 g/mol. The van der Waals surface area contributed by atoms with E-state index < -0.39 is 6.04 Å². The molecule has 0 aliphatic carbocycles. The molecule has 0 radical (unpaired) electrons. The van der Waals surface area contributed by atoms with Crippen molar-refractivity contribution in [2.75, 3.05) is 0 Å². The van der Waals surface area contributed by atoms with E-state index in [2.05, 4.69) is 11.9 Å². The van der Waals surface area contributed by atoms with Crippen molar-refractivity contribution in [3.05, 3.63) is 41.5 Å². The topological polar surface area (TPSA) is 66.5 Å². The quantitative estimate of drug-likeness (QED) is 0.837. The number of allylic oxidation sites excluding steroid dienone is 1. The van der Waals surface area contributed by atoms with Crippen molar-refractivity contribution >= 4 is 23.3 Å². The van der Waals surface area contributed by atoms with E-state index in [1.165, 1.54) is 0 Å². The van der Waals surface area contributed by atoms with Crippen LogP contribution in [-0.4, -0.2) is 28.7 Å². The third-order valence-corrected chi connectivity index (χ3v) is 4.04. The number of hydrogen-bond donors (Lipinski definition) is 1. The molecule has 1 atom stereocenters. The van der Waals surface area contributed by atoms with Gasteiger partial charge in [0.05, 0.1) is 0 Å². The number of carbonyl (C=O) groups is 3. The lowest BCUT2D eigenvalue weighted by Gasteiger charge is -2.29. The number of nitrogens with zero attached hydrogens (tertiary/aromatic N) is 1. The molecule has 21 heavy (non-hydrogen) atoms. The van der Waals surface area contributed by atoms with Gasteiger partial charge in [-0.1, -0.05) is 24.3 Å². The first-order valence-electron chi connectivity index (χ1n) is 6.91. The number of hydrogen-bond acceptors (Lipinski definition) is 3. The van der Waals surface area contributed by atoms with Crippen LogP contribution in [0.4, 0.5) is 0 Å². The van der Waals surface area contributed by atoms with E-state index in [9.17, 15) is 14.4 Å². The number of benzene rings is 1. The molecule has 1 aromatic rings. The van der Waals surface area contributed by atoms with E-state index in [4.69, 9.17) is 0 Å². The van der Waals surface area contributed by atoms with Crippen molar-refractivity contribution in [1.29, 1.82) is 0 Å². The molecule has 3 rings (SSSR count). The van der Waals surface area contributed by atoms with Gasteiger partial charge in [-0.05, 0) is 30.5 Å². The molecule has 1 fully saturated rings. The van der Waals surface area contributed by atoms with Crippen LogP contribution in [0.25, 0.3) is 5.57 Å². The van der Waals surface area contributed by atoms with Crippen LogP contribution in [0.3, 0.4) is 0 Å². The number of piperidine rings is 1. The number of nitrogens with one attached hydrogen (secondary N) is 1. The Bertz CT molecular complexity index is 678. The predicted molar refractivity (Wildman–Crippen MR) is 77.2 cm³/mol. The van der Waals surface area contributed by atoms with Gasteiger partial charge in [0, 0.05) is 18.5 Å². The number of amides is 3. The average Bonchev–Trinajstić information content (AvgIpc) is 2.76. The molecule has 5 nitrogen and oxygen atoms in total. The molecule has 1 N–H and O–H groups in total. The summed E-state index contributed by atoms with van der Waals surface area (Å²) in [6, 6.07) is 4.97. The largest absolute Gasteiger partial charge is 0.322 e. The molecular formula is C16H16N2O3. The van der Waals surface area contributed by atoms with E-state index in [-0.39, 0.29) is 24.1 Å². The van der Waals surface area contributed by atoms with Crippen LogP contribution in [0.15, 0.2) is 24.8 Å². The van der Waals surface area contributed by atoms with Crippen LogP contribution < -0.4 is 5.32 Å². The Morgan fingerprint density at radius 2 is 2.10 bits per heavy atom. The van der Waals surface area contributed by atoms with Gasteiger partial charge in [0.15, 0.2) is 0 Å². The summed E-state index contributed by atoms with van der Waals surface area (Å²) in [6.45, 7) is 6.23. The van der Waals surface area contributed by atoms with Crippen LogP contribution >= 0.6 is 0 Å². The van der Waals surface area contributed by atoms with Gasteiger partial charge in [0.1, 0.15) is 6.04 Å². The molecule has 2 aliphatic rings. The first-order valence-corrected chi connectivity index (χ1v) is 6.91. The second-order valence-electron chi connectivity index (χ2n) is 5.51. The fraction of sp³-hybridized carbons (Fsp3) is 0.312. The highest BCUT2D eigenvalue weighted by atomic mass is 16.2. The zero-order chi connectivity index (χ0) is 15.1. The van der Waals surface area contributed by atoms with Crippen LogP contribution in [0.1, 0.15) is 41.3 Å². The molecule has 1 unspecified atom stereocenters. The molecule has 0 aromatic heterocycles.